The molecule has 3 nitrogen and oxygen atoms in total. The van der Waals surface area contributed by atoms with Crippen LogP contribution in [0.25, 0.3) is 0 Å². The Morgan fingerprint density at radius 2 is 1.55 bits per heavy atom. The van der Waals surface area contributed by atoms with Crippen LogP contribution >= 0.6 is 0 Å². The van der Waals surface area contributed by atoms with Gasteiger partial charge in [0.2, 0.25) is 0 Å². The molecule has 2 bridgehead atoms. The predicted molar refractivity (Wildman–Crippen MR) is 87.1 cm³/mol. The van der Waals surface area contributed by atoms with Crippen molar-refractivity contribution in [3.63, 3.8) is 0 Å². The highest BCUT2D eigenvalue weighted by atomic mass is 32.2. The monoisotopic (exact) mass is 322 g/mol. The van der Waals surface area contributed by atoms with E-state index in [9.17, 15) is 8.42 Å². The largest absolute Gasteiger partial charge is 0.296 e. The van der Waals surface area contributed by atoms with Crippen LogP contribution in [-0.2, 0) is 14.3 Å². The molecule has 2 aliphatic rings. The van der Waals surface area contributed by atoms with Crippen LogP contribution in [-0.4, -0.2) is 15.0 Å². The van der Waals surface area contributed by atoms with Gasteiger partial charge in [0.25, 0.3) is 10.1 Å². The van der Waals surface area contributed by atoms with E-state index < -0.39 is 10.1 Å². The summed E-state index contributed by atoms with van der Waals surface area (Å²) in [7, 11) is -3.66. The van der Waals surface area contributed by atoms with Gasteiger partial charge in [-0.1, -0.05) is 38.5 Å². The van der Waals surface area contributed by atoms with Gasteiger partial charge in [-0.25, -0.2) is 0 Å². The molecule has 1 aromatic carbocycles. The zero-order valence-electron chi connectivity index (χ0n) is 14.0. The van der Waals surface area contributed by atoms with E-state index in [1.807, 2.05) is 6.92 Å². The highest BCUT2D eigenvalue weighted by Crippen LogP contribution is 2.72. The van der Waals surface area contributed by atoms with Gasteiger partial charge in [0.15, 0.2) is 0 Å². The minimum atomic E-state index is -3.66. The molecule has 1 aromatic rings. The Morgan fingerprint density at radius 3 is 2.00 bits per heavy atom. The fourth-order valence-electron chi connectivity index (χ4n) is 4.46. The zero-order valence-corrected chi connectivity index (χ0v) is 14.8. The maximum atomic E-state index is 12.4. The molecule has 0 radical (unpaired) electrons. The van der Waals surface area contributed by atoms with Gasteiger partial charge in [0, 0.05) is 5.41 Å². The summed E-state index contributed by atoms with van der Waals surface area (Å²) in [5.41, 5.74) is 1.49. The van der Waals surface area contributed by atoms with Gasteiger partial charge in [-0.05, 0) is 55.6 Å². The van der Waals surface area contributed by atoms with Crippen LogP contribution in [0.5, 0.6) is 0 Å². The van der Waals surface area contributed by atoms with Crippen molar-refractivity contribution in [2.24, 2.45) is 16.2 Å². The molecule has 0 amide bonds. The Morgan fingerprint density at radius 1 is 1.00 bits per heavy atom. The summed E-state index contributed by atoms with van der Waals surface area (Å²) in [6.45, 7) is 9.17. The average Bonchev–Trinajstić information content (AvgIpc) is 2.77. The quantitative estimate of drug-likeness (QED) is 0.776. The summed E-state index contributed by atoms with van der Waals surface area (Å²) in [5.74, 6) is 0. The molecule has 0 heterocycles. The number of benzene rings is 1. The summed E-state index contributed by atoms with van der Waals surface area (Å²) < 4.78 is 30.4. The molecule has 2 fully saturated rings. The molecule has 4 heteroatoms. The summed E-state index contributed by atoms with van der Waals surface area (Å²) in [6.07, 6.45) is 4.49. The first-order chi connectivity index (χ1) is 10.1. The summed E-state index contributed by atoms with van der Waals surface area (Å²) >= 11 is 0. The standard InChI is InChI=1S/C18H26O3S/c1-14-5-7-15(8-6-14)22(19,20)21-13-18-11-9-17(4,10-12-18)16(18,2)3/h5-8H,9-13H2,1-4H3. The van der Waals surface area contributed by atoms with Crippen LogP contribution in [0.2, 0.25) is 0 Å². The van der Waals surface area contributed by atoms with Gasteiger partial charge in [-0.3, -0.25) is 4.18 Å². The van der Waals surface area contributed by atoms with Crippen LogP contribution in [0.1, 0.15) is 52.0 Å². The summed E-state index contributed by atoms with van der Waals surface area (Å²) in [4.78, 5) is 0.256. The van der Waals surface area contributed by atoms with Crippen molar-refractivity contribution in [1.29, 1.82) is 0 Å². The van der Waals surface area contributed by atoms with E-state index in [-0.39, 0.29) is 15.7 Å². The molecule has 0 aromatic heterocycles. The van der Waals surface area contributed by atoms with E-state index in [0.717, 1.165) is 18.4 Å². The molecule has 122 valence electrons. The minimum absolute atomic E-state index is 0.000479. The van der Waals surface area contributed by atoms with E-state index in [2.05, 4.69) is 20.8 Å². The Bertz CT molecular complexity index is 663. The van der Waals surface area contributed by atoms with Crippen LogP contribution in [0.3, 0.4) is 0 Å². The third-order valence-corrected chi connectivity index (χ3v) is 8.22. The second-order valence-electron chi connectivity index (χ2n) is 8.00. The second-order valence-corrected chi connectivity index (χ2v) is 9.61. The Labute approximate surface area is 134 Å². The van der Waals surface area contributed by atoms with Crippen molar-refractivity contribution < 1.29 is 12.6 Å². The van der Waals surface area contributed by atoms with E-state index >= 15 is 0 Å². The van der Waals surface area contributed by atoms with Crippen molar-refractivity contribution >= 4 is 10.1 Å². The van der Waals surface area contributed by atoms with Gasteiger partial charge in [-0.2, -0.15) is 8.42 Å². The van der Waals surface area contributed by atoms with Crippen LogP contribution in [0.4, 0.5) is 0 Å². The number of fused-ring (bicyclic) bond motifs is 2. The first-order valence-corrected chi connectivity index (χ1v) is 9.49. The zero-order chi connectivity index (χ0) is 16.2. The van der Waals surface area contributed by atoms with Crippen LogP contribution in [0.15, 0.2) is 29.2 Å². The molecular formula is C18H26O3S. The molecule has 2 aliphatic carbocycles. The number of rotatable bonds is 4. The molecular weight excluding hydrogens is 296 g/mol. The fourth-order valence-corrected chi connectivity index (χ4v) is 5.44. The third-order valence-electron chi connectivity index (χ3n) is 6.95. The SMILES string of the molecule is Cc1ccc(S(=O)(=O)OCC23CCC(C)(CC2)C3(C)C)cc1. The van der Waals surface area contributed by atoms with E-state index in [1.54, 1.807) is 24.3 Å². The lowest BCUT2D eigenvalue weighted by Gasteiger charge is -2.40. The highest BCUT2D eigenvalue weighted by Gasteiger charge is 2.65. The average molecular weight is 322 g/mol. The summed E-state index contributed by atoms with van der Waals surface area (Å²) in [6, 6.07) is 6.86. The molecule has 22 heavy (non-hydrogen) atoms. The Kier molecular flexibility index (Phi) is 3.50. The smallest absolute Gasteiger partial charge is 0.266 e. The lowest BCUT2D eigenvalue weighted by atomic mass is 9.65. The molecule has 0 atom stereocenters. The number of aryl methyl sites for hydroxylation is 1. The van der Waals surface area contributed by atoms with E-state index in [0.29, 0.717) is 12.0 Å². The Balaban J connectivity index is 1.79. The molecule has 0 aliphatic heterocycles. The van der Waals surface area contributed by atoms with Crippen molar-refractivity contribution in [2.75, 3.05) is 6.61 Å². The minimum Gasteiger partial charge on any atom is -0.266 e. The van der Waals surface area contributed by atoms with Crippen molar-refractivity contribution in [1.82, 2.24) is 0 Å². The lowest BCUT2D eigenvalue weighted by molar-refractivity contribution is 0.0407. The molecule has 0 N–H and O–H groups in total. The molecule has 0 unspecified atom stereocenters. The second kappa shape index (κ2) is 4.81. The third kappa shape index (κ3) is 2.15. The van der Waals surface area contributed by atoms with Gasteiger partial charge < -0.3 is 0 Å². The van der Waals surface area contributed by atoms with Crippen LogP contribution in [0, 0.1) is 23.2 Å². The summed E-state index contributed by atoms with van der Waals surface area (Å²) in [5, 5.41) is 0. The molecule has 0 saturated heterocycles. The van der Waals surface area contributed by atoms with E-state index in [1.165, 1.54) is 12.8 Å². The first kappa shape index (κ1) is 16.0. The maximum Gasteiger partial charge on any atom is 0.296 e. The first-order valence-electron chi connectivity index (χ1n) is 8.08. The van der Waals surface area contributed by atoms with Crippen LogP contribution < -0.4 is 0 Å². The number of hydrogen-bond donors (Lipinski definition) is 0. The van der Waals surface area contributed by atoms with E-state index in [4.69, 9.17) is 4.18 Å². The lowest BCUT2D eigenvalue weighted by Crippen LogP contribution is -2.38. The van der Waals surface area contributed by atoms with Gasteiger partial charge in [-0.15, -0.1) is 0 Å². The Hall–Kier alpha value is -0.870. The normalized spacial score (nSPS) is 33.3. The fraction of sp³-hybridized carbons (Fsp3) is 0.667. The molecule has 3 rings (SSSR count). The van der Waals surface area contributed by atoms with Gasteiger partial charge in [0.05, 0.1) is 11.5 Å². The van der Waals surface area contributed by atoms with Crippen molar-refractivity contribution in [3.8, 4) is 0 Å². The number of hydrogen-bond acceptors (Lipinski definition) is 3. The molecule has 0 spiro atoms. The predicted octanol–water partition coefficient (Wildman–Crippen LogP) is 4.31. The van der Waals surface area contributed by atoms with Gasteiger partial charge in [0.1, 0.15) is 0 Å². The highest BCUT2D eigenvalue weighted by molar-refractivity contribution is 7.86. The maximum absolute atomic E-state index is 12.4. The topological polar surface area (TPSA) is 43.4 Å². The van der Waals surface area contributed by atoms with Crippen molar-refractivity contribution in [3.05, 3.63) is 29.8 Å². The van der Waals surface area contributed by atoms with Gasteiger partial charge >= 0.3 is 0 Å². The van der Waals surface area contributed by atoms with Crippen molar-refractivity contribution in [2.45, 2.75) is 58.3 Å². The molecule has 2 saturated carbocycles.